The van der Waals surface area contributed by atoms with Gasteiger partial charge in [-0.2, -0.15) is 0 Å². The van der Waals surface area contributed by atoms with Crippen LogP contribution >= 0.6 is 0 Å². The lowest BCUT2D eigenvalue weighted by molar-refractivity contribution is -0.117. The number of sulfonamides is 1. The molecule has 0 fully saturated rings. The van der Waals surface area contributed by atoms with Crippen molar-refractivity contribution in [3.63, 3.8) is 0 Å². The van der Waals surface area contributed by atoms with Crippen molar-refractivity contribution >= 4 is 33.3 Å². The highest BCUT2D eigenvalue weighted by atomic mass is 32.2. The van der Waals surface area contributed by atoms with Gasteiger partial charge in [-0.15, -0.1) is 0 Å². The molecule has 156 valence electrons. The van der Waals surface area contributed by atoms with E-state index in [9.17, 15) is 18.0 Å². The Morgan fingerprint density at radius 2 is 1.62 bits per heavy atom. The highest BCUT2D eigenvalue weighted by Crippen LogP contribution is 2.24. The smallest absolute Gasteiger partial charge is 0.338 e. The van der Waals surface area contributed by atoms with E-state index in [0.29, 0.717) is 16.9 Å². The summed E-state index contributed by atoms with van der Waals surface area (Å²) in [6.07, 6.45) is 1.37. The molecule has 7 nitrogen and oxygen atoms in total. The lowest BCUT2D eigenvalue weighted by Gasteiger charge is -2.30. The molecule has 0 heterocycles. The van der Waals surface area contributed by atoms with Gasteiger partial charge in [-0.25, -0.2) is 13.2 Å². The normalized spacial score (nSPS) is 12.1. The molecule has 0 aliphatic rings. The largest absolute Gasteiger partial charge is 0.462 e. The van der Waals surface area contributed by atoms with Gasteiger partial charge in [0.15, 0.2) is 0 Å². The molecule has 1 N–H and O–H groups in total. The summed E-state index contributed by atoms with van der Waals surface area (Å²) < 4.78 is 31.0. The van der Waals surface area contributed by atoms with Gasteiger partial charge in [0.05, 0.1) is 24.1 Å². The fourth-order valence-corrected chi connectivity index (χ4v) is 4.09. The monoisotopic (exact) mass is 418 g/mol. The maximum absolute atomic E-state index is 12.9. The fraction of sp³-hybridized carbons (Fsp3) is 0.333. The minimum atomic E-state index is -3.69. The first-order valence-corrected chi connectivity index (χ1v) is 11.2. The van der Waals surface area contributed by atoms with E-state index in [2.05, 4.69) is 5.32 Å². The van der Waals surface area contributed by atoms with Crippen LogP contribution in [0.1, 0.15) is 36.2 Å². The van der Waals surface area contributed by atoms with Crippen LogP contribution in [0.25, 0.3) is 0 Å². The van der Waals surface area contributed by atoms with Crippen molar-refractivity contribution < 1.29 is 22.7 Å². The molecule has 0 aliphatic carbocycles. The average Bonchev–Trinajstić information content (AvgIpc) is 2.66. The van der Waals surface area contributed by atoms with Gasteiger partial charge < -0.3 is 10.1 Å². The van der Waals surface area contributed by atoms with Gasteiger partial charge in [0.1, 0.15) is 6.04 Å². The SMILES string of the molecule is CCOC(=O)c1ccc(NC(=O)[C@@H](CC)N(c2ccc(C)cc2)S(C)(=O)=O)cc1. The second kappa shape index (κ2) is 9.56. The van der Waals surface area contributed by atoms with Crippen molar-refractivity contribution in [1.29, 1.82) is 0 Å². The summed E-state index contributed by atoms with van der Waals surface area (Å²) in [5, 5.41) is 2.73. The van der Waals surface area contributed by atoms with E-state index in [1.165, 1.54) is 0 Å². The van der Waals surface area contributed by atoms with Crippen molar-refractivity contribution in [2.75, 3.05) is 22.5 Å². The lowest BCUT2D eigenvalue weighted by Crippen LogP contribution is -2.47. The van der Waals surface area contributed by atoms with E-state index in [4.69, 9.17) is 4.74 Å². The number of hydrogen-bond donors (Lipinski definition) is 1. The summed E-state index contributed by atoms with van der Waals surface area (Å²) in [4.78, 5) is 24.6. The number of carbonyl (C=O) groups excluding carboxylic acids is 2. The Balaban J connectivity index is 2.25. The van der Waals surface area contributed by atoms with Gasteiger partial charge in [0.25, 0.3) is 0 Å². The van der Waals surface area contributed by atoms with E-state index in [1.807, 2.05) is 6.92 Å². The molecule has 1 amide bonds. The van der Waals surface area contributed by atoms with E-state index in [1.54, 1.807) is 62.4 Å². The molecule has 0 bridgehead atoms. The summed E-state index contributed by atoms with van der Waals surface area (Å²) in [5.41, 5.74) is 2.24. The van der Waals surface area contributed by atoms with Crippen LogP contribution in [0.15, 0.2) is 48.5 Å². The van der Waals surface area contributed by atoms with Crippen LogP contribution in [0.2, 0.25) is 0 Å². The highest BCUT2D eigenvalue weighted by Gasteiger charge is 2.31. The van der Waals surface area contributed by atoms with Crippen LogP contribution in [0.5, 0.6) is 0 Å². The standard InChI is InChI=1S/C21H26N2O5S/c1-5-19(23(29(4,26)27)18-13-7-15(3)8-14-18)20(24)22-17-11-9-16(10-12-17)21(25)28-6-2/h7-14,19H,5-6H2,1-4H3,(H,22,24)/t19-/m1/s1. The van der Waals surface area contributed by atoms with Gasteiger partial charge in [-0.1, -0.05) is 24.6 Å². The number of ether oxygens (including phenoxy) is 1. The number of anilines is 2. The summed E-state index contributed by atoms with van der Waals surface area (Å²) in [6, 6.07) is 12.3. The Bertz CT molecular complexity index is 954. The number of benzene rings is 2. The zero-order chi connectivity index (χ0) is 21.6. The van der Waals surface area contributed by atoms with Crippen molar-refractivity contribution in [2.45, 2.75) is 33.2 Å². The highest BCUT2D eigenvalue weighted by molar-refractivity contribution is 7.92. The molecule has 0 spiro atoms. The fourth-order valence-electron chi connectivity index (χ4n) is 2.88. The predicted octanol–water partition coefficient (Wildman–Crippen LogP) is 3.36. The van der Waals surface area contributed by atoms with E-state index in [0.717, 1.165) is 16.1 Å². The predicted molar refractivity (Wildman–Crippen MR) is 114 cm³/mol. The Morgan fingerprint density at radius 3 is 2.10 bits per heavy atom. The topological polar surface area (TPSA) is 92.8 Å². The molecule has 0 aliphatic heterocycles. The molecule has 2 rings (SSSR count). The van der Waals surface area contributed by atoms with Crippen LogP contribution in [0.4, 0.5) is 11.4 Å². The number of nitrogens with zero attached hydrogens (tertiary/aromatic N) is 1. The lowest BCUT2D eigenvalue weighted by atomic mass is 10.1. The molecule has 0 aromatic heterocycles. The van der Waals surface area contributed by atoms with Crippen LogP contribution in [-0.2, 0) is 19.6 Å². The number of aryl methyl sites for hydroxylation is 1. The van der Waals surface area contributed by atoms with E-state index in [-0.39, 0.29) is 13.0 Å². The van der Waals surface area contributed by atoms with Crippen LogP contribution in [-0.4, -0.2) is 39.2 Å². The maximum Gasteiger partial charge on any atom is 0.338 e. The number of carbonyl (C=O) groups is 2. The second-order valence-corrected chi connectivity index (χ2v) is 8.46. The van der Waals surface area contributed by atoms with Crippen LogP contribution in [0, 0.1) is 6.92 Å². The molecule has 2 aromatic rings. The second-order valence-electron chi connectivity index (χ2n) is 6.61. The molecule has 0 saturated carbocycles. The van der Waals surface area contributed by atoms with Gasteiger partial charge in [-0.3, -0.25) is 9.10 Å². The van der Waals surface area contributed by atoms with Crippen molar-refractivity contribution in [3.8, 4) is 0 Å². The van der Waals surface area contributed by atoms with E-state index < -0.39 is 27.9 Å². The number of nitrogens with one attached hydrogen (secondary N) is 1. The quantitative estimate of drug-likeness (QED) is 0.664. The third kappa shape index (κ3) is 5.80. The maximum atomic E-state index is 12.9. The first kappa shape index (κ1) is 22.4. The van der Waals surface area contributed by atoms with Crippen molar-refractivity contribution in [1.82, 2.24) is 0 Å². The molecular weight excluding hydrogens is 392 g/mol. The Morgan fingerprint density at radius 1 is 1.03 bits per heavy atom. The molecule has 8 heteroatoms. The zero-order valence-corrected chi connectivity index (χ0v) is 17.8. The number of rotatable bonds is 8. The number of esters is 1. The molecule has 2 aromatic carbocycles. The molecule has 0 unspecified atom stereocenters. The summed E-state index contributed by atoms with van der Waals surface area (Å²) >= 11 is 0. The average molecular weight is 419 g/mol. The Labute approximate surface area is 171 Å². The molecular formula is C21H26N2O5S. The van der Waals surface area contributed by atoms with Crippen molar-refractivity contribution in [3.05, 3.63) is 59.7 Å². The molecule has 0 saturated heterocycles. The minimum absolute atomic E-state index is 0.274. The molecule has 29 heavy (non-hydrogen) atoms. The van der Waals surface area contributed by atoms with Crippen LogP contribution in [0.3, 0.4) is 0 Å². The number of amides is 1. The zero-order valence-electron chi connectivity index (χ0n) is 17.0. The van der Waals surface area contributed by atoms with Gasteiger partial charge in [0, 0.05) is 5.69 Å². The van der Waals surface area contributed by atoms with Crippen molar-refractivity contribution in [2.24, 2.45) is 0 Å². The molecule has 1 atom stereocenters. The van der Waals surface area contributed by atoms with Crippen LogP contribution < -0.4 is 9.62 Å². The Hall–Kier alpha value is -2.87. The first-order valence-electron chi connectivity index (χ1n) is 9.31. The van der Waals surface area contributed by atoms with Gasteiger partial charge >= 0.3 is 5.97 Å². The Kier molecular flexibility index (Phi) is 7.39. The first-order chi connectivity index (χ1) is 13.7. The third-order valence-electron chi connectivity index (χ3n) is 4.28. The third-order valence-corrected chi connectivity index (χ3v) is 5.46. The number of hydrogen-bond acceptors (Lipinski definition) is 5. The van der Waals surface area contributed by atoms with E-state index >= 15 is 0 Å². The summed E-state index contributed by atoms with van der Waals surface area (Å²) in [6.45, 7) is 5.65. The van der Waals surface area contributed by atoms with Gasteiger partial charge in [0.2, 0.25) is 15.9 Å². The molecule has 0 radical (unpaired) electrons. The summed E-state index contributed by atoms with van der Waals surface area (Å²) in [7, 11) is -3.69. The minimum Gasteiger partial charge on any atom is -0.462 e. The summed E-state index contributed by atoms with van der Waals surface area (Å²) in [5.74, 6) is -0.901. The van der Waals surface area contributed by atoms with Gasteiger partial charge in [-0.05, 0) is 56.7 Å².